The monoisotopic (exact) mass is 436 g/mol. The zero-order valence-electron chi connectivity index (χ0n) is 11.6. The molecule has 2 rings (SSSR count). The lowest BCUT2D eigenvalue weighted by molar-refractivity contribution is 0.347. The third kappa shape index (κ3) is 3.52. The van der Waals surface area contributed by atoms with Crippen molar-refractivity contribution < 1.29 is 8.42 Å². The molecule has 0 unspecified atom stereocenters. The van der Waals surface area contributed by atoms with Crippen LogP contribution in [0.5, 0.6) is 0 Å². The van der Waals surface area contributed by atoms with Gasteiger partial charge in [-0.1, -0.05) is 34.8 Å². The van der Waals surface area contributed by atoms with Gasteiger partial charge >= 0.3 is 0 Å². The van der Waals surface area contributed by atoms with Gasteiger partial charge in [0.1, 0.15) is 4.90 Å². The molecule has 0 amide bonds. The van der Waals surface area contributed by atoms with Crippen LogP contribution >= 0.6 is 31.9 Å². The van der Waals surface area contributed by atoms with Gasteiger partial charge in [-0.3, -0.25) is 0 Å². The minimum atomic E-state index is -3.66. The number of benzene rings is 1. The van der Waals surface area contributed by atoms with E-state index in [-0.39, 0.29) is 16.6 Å². The summed E-state index contributed by atoms with van der Waals surface area (Å²) < 4.78 is 28.8. The molecule has 0 spiro atoms. The van der Waals surface area contributed by atoms with Gasteiger partial charge in [0.05, 0.1) is 5.69 Å². The van der Waals surface area contributed by atoms with Crippen molar-refractivity contribution in [3.63, 3.8) is 0 Å². The fourth-order valence-corrected chi connectivity index (χ4v) is 6.41. The first-order valence-corrected chi connectivity index (χ1v) is 9.77. The minimum absolute atomic E-state index is 0.0305. The van der Waals surface area contributed by atoms with E-state index in [0.717, 1.165) is 30.2 Å². The molecule has 1 fully saturated rings. The summed E-state index contributed by atoms with van der Waals surface area (Å²) in [5.74, 6) is 0. The highest BCUT2D eigenvalue weighted by Gasteiger charge is 2.34. The van der Waals surface area contributed by atoms with Gasteiger partial charge in [0.25, 0.3) is 0 Å². The van der Waals surface area contributed by atoms with Gasteiger partial charge in [-0.2, -0.15) is 4.31 Å². The molecule has 0 aromatic heterocycles. The molecule has 2 N–H and O–H groups in total. The summed E-state index contributed by atoms with van der Waals surface area (Å²) in [6.07, 6.45) is 5.52. The largest absolute Gasteiger partial charge is 0.398 e. The van der Waals surface area contributed by atoms with Crippen LogP contribution in [0.4, 0.5) is 5.69 Å². The number of halogens is 2. The second-order valence-corrected chi connectivity index (χ2v) is 8.71. The van der Waals surface area contributed by atoms with E-state index in [1.54, 1.807) is 18.2 Å². The molecule has 0 aliphatic heterocycles. The van der Waals surface area contributed by atoms with Crippen LogP contribution in [-0.2, 0) is 10.0 Å². The fraction of sp³-hybridized carbons (Fsp3) is 0.429. The highest BCUT2D eigenvalue weighted by molar-refractivity contribution is 9.11. The van der Waals surface area contributed by atoms with Crippen molar-refractivity contribution in [3.05, 3.63) is 33.7 Å². The van der Waals surface area contributed by atoms with E-state index in [4.69, 9.17) is 5.73 Å². The highest BCUT2D eigenvalue weighted by Crippen LogP contribution is 2.36. The number of hydrogen-bond donors (Lipinski definition) is 1. The first-order chi connectivity index (χ1) is 9.87. The van der Waals surface area contributed by atoms with Crippen molar-refractivity contribution in [2.24, 2.45) is 0 Å². The molecule has 0 bridgehead atoms. The molecular weight excluding hydrogens is 420 g/mol. The Kier molecular flexibility index (Phi) is 5.51. The number of hydrogen-bond acceptors (Lipinski definition) is 3. The average molecular weight is 438 g/mol. The van der Waals surface area contributed by atoms with Crippen LogP contribution in [0.2, 0.25) is 0 Å². The van der Waals surface area contributed by atoms with Crippen molar-refractivity contribution in [2.75, 3.05) is 12.3 Å². The number of nitrogens with two attached hydrogens (primary N) is 1. The van der Waals surface area contributed by atoms with Crippen molar-refractivity contribution in [1.82, 2.24) is 4.31 Å². The van der Waals surface area contributed by atoms with Crippen LogP contribution in [0.15, 0.2) is 38.6 Å². The number of nitrogen functional groups attached to an aromatic ring is 1. The van der Waals surface area contributed by atoms with Gasteiger partial charge in [-0.15, -0.1) is 6.58 Å². The highest BCUT2D eigenvalue weighted by atomic mass is 79.9. The van der Waals surface area contributed by atoms with E-state index in [1.807, 2.05) is 0 Å². The predicted molar refractivity (Wildman–Crippen MR) is 92.6 cm³/mol. The van der Waals surface area contributed by atoms with E-state index in [9.17, 15) is 8.42 Å². The third-order valence-electron chi connectivity index (χ3n) is 3.64. The van der Waals surface area contributed by atoms with Gasteiger partial charge in [0.2, 0.25) is 10.0 Å². The van der Waals surface area contributed by atoms with Gasteiger partial charge in [0, 0.05) is 21.5 Å². The maximum Gasteiger partial charge on any atom is 0.246 e. The molecule has 1 aromatic rings. The summed E-state index contributed by atoms with van der Waals surface area (Å²) in [6.45, 7) is 3.98. The van der Waals surface area contributed by atoms with Crippen LogP contribution in [0, 0.1) is 0 Å². The quantitative estimate of drug-likeness (QED) is 0.560. The number of nitrogens with zero attached hydrogens (tertiary/aromatic N) is 1. The van der Waals surface area contributed by atoms with E-state index >= 15 is 0 Å². The molecule has 4 nitrogen and oxygen atoms in total. The molecule has 0 atom stereocenters. The Morgan fingerprint density at radius 1 is 1.33 bits per heavy atom. The summed E-state index contributed by atoms with van der Waals surface area (Å²) in [5.41, 5.74) is 6.19. The Hall–Kier alpha value is -0.370. The van der Waals surface area contributed by atoms with Crippen LogP contribution in [-0.4, -0.2) is 25.3 Å². The van der Waals surface area contributed by atoms with Crippen molar-refractivity contribution in [1.29, 1.82) is 0 Å². The Morgan fingerprint density at radius 3 is 2.48 bits per heavy atom. The van der Waals surface area contributed by atoms with Gasteiger partial charge in [-0.25, -0.2) is 8.42 Å². The summed E-state index contributed by atoms with van der Waals surface area (Å²) in [6, 6.07) is 3.34. The molecule has 1 saturated carbocycles. The number of anilines is 1. The molecule has 1 aliphatic carbocycles. The molecule has 1 aromatic carbocycles. The standard InChI is InChI=1S/C14H18Br2N2O2S/c1-2-7-18(11-5-3-4-6-11)21(19,20)14-12(16)8-10(15)9-13(14)17/h2,8-9,11H,1,3-7,17H2. The second-order valence-electron chi connectivity index (χ2n) is 5.11. The SMILES string of the molecule is C=CCN(C1CCCC1)S(=O)(=O)c1c(N)cc(Br)cc1Br. The van der Waals surface area contributed by atoms with Crippen LogP contribution < -0.4 is 5.73 Å². The minimum Gasteiger partial charge on any atom is -0.398 e. The summed E-state index contributed by atoms with van der Waals surface area (Å²) >= 11 is 6.63. The number of sulfonamides is 1. The Morgan fingerprint density at radius 2 is 1.95 bits per heavy atom. The van der Waals surface area contributed by atoms with E-state index < -0.39 is 10.0 Å². The molecule has 0 saturated heterocycles. The molecule has 1 aliphatic rings. The Bertz CT molecular complexity index is 617. The molecule has 0 heterocycles. The van der Waals surface area contributed by atoms with Crippen molar-refractivity contribution in [3.8, 4) is 0 Å². The lowest BCUT2D eigenvalue weighted by atomic mass is 10.2. The Balaban J connectivity index is 2.50. The smallest absolute Gasteiger partial charge is 0.246 e. The zero-order valence-corrected chi connectivity index (χ0v) is 15.5. The van der Waals surface area contributed by atoms with E-state index in [0.29, 0.717) is 11.0 Å². The first-order valence-electron chi connectivity index (χ1n) is 6.75. The lowest BCUT2D eigenvalue weighted by Gasteiger charge is -2.28. The summed E-state index contributed by atoms with van der Waals surface area (Å²) in [4.78, 5) is 0.138. The maximum atomic E-state index is 13.0. The van der Waals surface area contributed by atoms with E-state index in [2.05, 4.69) is 38.4 Å². The topological polar surface area (TPSA) is 63.4 Å². The van der Waals surface area contributed by atoms with Crippen LogP contribution in [0.25, 0.3) is 0 Å². The van der Waals surface area contributed by atoms with Gasteiger partial charge in [0.15, 0.2) is 0 Å². The molecule has 21 heavy (non-hydrogen) atoms. The summed E-state index contributed by atoms with van der Waals surface area (Å²) in [5, 5.41) is 0. The van der Waals surface area contributed by atoms with Crippen molar-refractivity contribution in [2.45, 2.75) is 36.6 Å². The Labute approximate surface area is 142 Å². The fourth-order valence-electron chi connectivity index (χ4n) is 2.73. The third-order valence-corrected chi connectivity index (χ3v) is 7.03. The summed E-state index contributed by atoms with van der Waals surface area (Å²) in [7, 11) is -3.66. The maximum absolute atomic E-state index is 13.0. The predicted octanol–water partition coefficient (Wildman–Crippen LogP) is 3.91. The molecule has 7 heteroatoms. The second kappa shape index (κ2) is 6.81. The van der Waals surface area contributed by atoms with Crippen LogP contribution in [0.3, 0.4) is 0 Å². The average Bonchev–Trinajstić information content (AvgIpc) is 2.87. The van der Waals surface area contributed by atoms with Gasteiger partial charge < -0.3 is 5.73 Å². The molecular formula is C14H18Br2N2O2S. The van der Waals surface area contributed by atoms with Crippen molar-refractivity contribution >= 4 is 47.6 Å². The number of rotatable bonds is 5. The lowest BCUT2D eigenvalue weighted by Crippen LogP contribution is -2.39. The first kappa shape index (κ1) is 17.0. The normalized spacial score (nSPS) is 16.5. The molecule has 116 valence electrons. The van der Waals surface area contributed by atoms with Gasteiger partial charge in [-0.05, 0) is 40.9 Å². The zero-order chi connectivity index (χ0) is 15.6. The van der Waals surface area contributed by atoms with E-state index in [1.165, 1.54) is 4.31 Å². The molecule has 0 radical (unpaired) electrons. The van der Waals surface area contributed by atoms with Crippen LogP contribution in [0.1, 0.15) is 25.7 Å².